The van der Waals surface area contributed by atoms with Gasteiger partial charge in [-0.05, 0) is 12.8 Å². The number of hydrogen-bond donors (Lipinski definition) is 3. The molecule has 4 N–H and O–H groups in total. The summed E-state index contributed by atoms with van der Waals surface area (Å²) in [5, 5.41) is 13.8. The van der Waals surface area contributed by atoms with Gasteiger partial charge in [0.05, 0.1) is 0 Å². The van der Waals surface area contributed by atoms with Crippen molar-refractivity contribution in [2.75, 3.05) is 6.54 Å². The number of nitrogens with zero attached hydrogens (tertiary/aromatic N) is 1. The minimum atomic E-state index is 0.0424. The van der Waals surface area contributed by atoms with Crippen LogP contribution in [0.5, 0.6) is 0 Å². The van der Waals surface area contributed by atoms with Crippen LogP contribution in [-0.2, 0) is 4.79 Å². The Hall–Kier alpha value is -1.26. The molecule has 0 spiro atoms. The van der Waals surface area contributed by atoms with E-state index < -0.39 is 0 Å². The largest absolute Gasteiger partial charge is 0.409 e. The van der Waals surface area contributed by atoms with Crippen LogP contribution < -0.4 is 11.1 Å². The van der Waals surface area contributed by atoms with Gasteiger partial charge in [0.2, 0.25) is 5.91 Å². The smallest absolute Gasteiger partial charge is 0.223 e. The van der Waals surface area contributed by atoms with Gasteiger partial charge in [-0.3, -0.25) is 4.79 Å². The molecule has 5 nitrogen and oxygen atoms in total. The van der Waals surface area contributed by atoms with E-state index in [0.29, 0.717) is 13.0 Å². The Labute approximate surface area is 84.4 Å². The van der Waals surface area contributed by atoms with E-state index in [9.17, 15) is 4.79 Å². The van der Waals surface area contributed by atoms with Gasteiger partial charge in [0.15, 0.2) is 0 Å². The molecule has 82 valence electrons. The van der Waals surface area contributed by atoms with Crippen LogP contribution in [0.4, 0.5) is 0 Å². The predicted molar refractivity (Wildman–Crippen MR) is 55.1 cm³/mol. The third-order valence-corrected chi connectivity index (χ3v) is 2.17. The van der Waals surface area contributed by atoms with Gasteiger partial charge < -0.3 is 16.3 Å². The second kappa shape index (κ2) is 7.17. The number of carbonyl (C=O) groups excluding carboxylic acids is 1. The van der Waals surface area contributed by atoms with Crippen molar-refractivity contribution in [1.29, 1.82) is 0 Å². The van der Waals surface area contributed by atoms with E-state index in [2.05, 4.69) is 10.5 Å². The third-order valence-electron chi connectivity index (χ3n) is 2.17. The van der Waals surface area contributed by atoms with Gasteiger partial charge in [0, 0.05) is 18.9 Å². The summed E-state index contributed by atoms with van der Waals surface area (Å²) in [7, 11) is 0. The molecule has 0 saturated carbocycles. The second-order valence-corrected chi connectivity index (χ2v) is 3.15. The summed E-state index contributed by atoms with van der Waals surface area (Å²) in [6.07, 6.45) is 2.06. The normalized spacial score (nSPS) is 11.8. The highest BCUT2D eigenvalue weighted by atomic mass is 16.4. The Morgan fingerprint density at radius 2 is 2.07 bits per heavy atom. The van der Waals surface area contributed by atoms with Crippen LogP contribution in [0.15, 0.2) is 5.16 Å². The first kappa shape index (κ1) is 12.7. The summed E-state index contributed by atoms with van der Waals surface area (Å²) in [6.45, 7) is 4.39. The first-order valence-corrected chi connectivity index (χ1v) is 4.89. The zero-order valence-corrected chi connectivity index (χ0v) is 8.79. The van der Waals surface area contributed by atoms with E-state index in [-0.39, 0.29) is 17.7 Å². The van der Waals surface area contributed by atoms with Gasteiger partial charge in [-0.15, -0.1) is 0 Å². The lowest BCUT2D eigenvalue weighted by Crippen LogP contribution is -2.32. The molecular weight excluding hydrogens is 182 g/mol. The van der Waals surface area contributed by atoms with Crippen LogP contribution in [0, 0.1) is 5.92 Å². The average Bonchev–Trinajstić information content (AvgIpc) is 2.19. The molecule has 0 aromatic rings. The van der Waals surface area contributed by atoms with Crippen LogP contribution in [0.25, 0.3) is 0 Å². The summed E-state index contributed by atoms with van der Waals surface area (Å²) in [5.74, 6) is 0.248. The topological polar surface area (TPSA) is 87.7 Å². The molecular formula is C9H19N3O2. The van der Waals surface area contributed by atoms with Crippen LogP contribution in [0.3, 0.4) is 0 Å². The van der Waals surface area contributed by atoms with Crippen molar-refractivity contribution >= 4 is 11.7 Å². The number of rotatable bonds is 6. The lowest BCUT2D eigenvalue weighted by atomic mass is 10.0. The number of nitrogens with two attached hydrogens (primary N) is 1. The summed E-state index contributed by atoms with van der Waals surface area (Å²) >= 11 is 0. The van der Waals surface area contributed by atoms with Gasteiger partial charge in [-0.1, -0.05) is 19.0 Å². The molecule has 0 bridgehead atoms. The molecule has 0 aromatic carbocycles. The van der Waals surface area contributed by atoms with E-state index in [1.165, 1.54) is 0 Å². The lowest BCUT2D eigenvalue weighted by Gasteiger charge is -2.12. The van der Waals surface area contributed by atoms with Crippen LogP contribution in [0.1, 0.15) is 33.1 Å². The van der Waals surface area contributed by atoms with Gasteiger partial charge in [0.25, 0.3) is 0 Å². The molecule has 5 heteroatoms. The first-order chi connectivity index (χ1) is 6.65. The minimum absolute atomic E-state index is 0.0424. The fourth-order valence-electron chi connectivity index (χ4n) is 1.17. The van der Waals surface area contributed by atoms with Crippen molar-refractivity contribution < 1.29 is 10.0 Å². The SMILES string of the molecule is CCC(CC)C(=O)NCCC(N)=NO. The number of oxime groups is 1. The van der Waals surface area contributed by atoms with E-state index in [0.717, 1.165) is 12.8 Å². The average molecular weight is 201 g/mol. The predicted octanol–water partition coefficient (Wildman–Crippen LogP) is 0.675. The quantitative estimate of drug-likeness (QED) is 0.255. The number of amides is 1. The van der Waals surface area contributed by atoms with Crippen LogP contribution in [-0.4, -0.2) is 23.5 Å². The van der Waals surface area contributed by atoms with Crippen molar-refractivity contribution in [2.24, 2.45) is 16.8 Å². The van der Waals surface area contributed by atoms with E-state index >= 15 is 0 Å². The Morgan fingerprint density at radius 1 is 1.50 bits per heavy atom. The molecule has 0 heterocycles. The van der Waals surface area contributed by atoms with Gasteiger partial charge in [-0.25, -0.2) is 0 Å². The number of hydrogen-bond acceptors (Lipinski definition) is 3. The van der Waals surface area contributed by atoms with E-state index in [1.807, 2.05) is 13.8 Å². The maximum absolute atomic E-state index is 11.4. The van der Waals surface area contributed by atoms with Crippen LogP contribution in [0.2, 0.25) is 0 Å². The molecule has 0 atom stereocenters. The van der Waals surface area contributed by atoms with Gasteiger partial charge >= 0.3 is 0 Å². The summed E-state index contributed by atoms with van der Waals surface area (Å²) in [5.41, 5.74) is 5.25. The summed E-state index contributed by atoms with van der Waals surface area (Å²) in [6, 6.07) is 0. The van der Waals surface area contributed by atoms with E-state index in [4.69, 9.17) is 10.9 Å². The Kier molecular flexibility index (Phi) is 6.53. The molecule has 0 aliphatic carbocycles. The standard InChI is InChI=1S/C9H19N3O2/c1-3-7(4-2)9(13)11-6-5-8(10)12-14/h7,14H,3-6H2,1-2H3,(H2,10,12)(H,11,13). The molecule has 14 heavy (non-hydrogen) atoms. The van der Waals surface area contributed by atoms with E-state index in [1.54, 1.807) is 0 Å². The monoisotopic (exact) mass is 201 g/mol. The third kappa shape index (κ3) is 4.69. The molecule has 0 aliphatic heterocycles. The molecule has 1 amide bonds. The van der Waals surface area contributed by atoms with Crippen molar-refractivity contribution in [2.45, 2.75) is 33.1 Å². The first-order valence-electron chi connectivity index (χ1n) is 4.89. The zero-order chi connectivity index (χ0) is 11.0. The van der Waals surface area contributed by atoms with Crippen LogP contribution >= 0.6 is 0 Å². The minimum Gasteiger partial charge on any atom is -0.409 e. The highest BCUT2D eigenvalue weighted by molar-refractivity contribution is 5.82. The molecule has 0 unspecified atom stereocenters. The summed E-state index contributed by atoms with van der Waals surface area (Å²) < 4.78 is 0. The van der Waals surface area contributed by atoms with Crippen molar-refractivity contribution in [3.05, 3.63) is 0 Å². The van der Waals surface area contributed by atoms with Crippen molar-refractivity contribution in [3.63, 3.8) is 0 Å². The molecule has 0 rings (SSSR count). The van der Waals surface area contributed by atoms with Crippen molar-refractivity contribution in [1.82, 2.24) is 5.32 Å². The highest BCUT2D eigenvalue weighted by Crippen LogP contribution is 2.06. The zero-order valence-electron chi connectivity index (χ0n) is 8.79. The fraction of sp³-hybridized carbons (Fsp3) is 0.778. The fourth-order valence-corrected chi connectivity index (χ4v) is 1.17. The molecule has 0 fully saturated rings. The molecule has 0 saturated heterocycles. The van der Waals surface area contributed by atoms with Gasteiger partial charge in [-0.2, -0.15) is 0 Å². The maximum Gasteiger partial charge on any atom is 0.223 e. The van der Waals surface area contributed by atoms with Gasteiger partial charge in [0.1, 0.15) is 5.84 Å². The number of carbonyl (C=O) groups is 1. The molecule has 0 aliphatic rings. The second-order valence-electron chi connectivity index (χ2n) is 3.15. The Bertz CT molecular complexity index is 200. The Balaban J connectivity index is 3.73. The number of nitrogens with one attached hydrogen (secondary N) is 1. The maximum atomic E-state index is 11.4. The lowest BCUT2D eigenvalue weighted by molar-refractivity contribution is -0.125. The Morgan fingerprint density at radius 3 is 2.50 bits per heavy atom. The molecule has 0 aromatic heterocycles. The number of amidine groups is 1. The molecule has 0 radical (unpaired) electrons. The van der Waals surface area contributed by atoms with Crippen molar-refractivity contribution in [3.8, 4) is 0 Å². The summed E-state index contributed by atoms with van der Waals surface area (Å²) in [4.78, 5) is 11.4. The highest BCUT2D eigenvalue weighted by Gasteiger charge is 2.12.